The van der Waals surface area contributed by atoms with E-state index in [0.29, 0.717) is 30.2 Å². The summed E-state index contributed by atoms with van der Waals surface area (Å²) in [4.78, 5) is 23.8. The van der Waals surface area contributed by atoms with Gasteiger partial charge in [-0.2, -0.15) is 0 Å². The number of nitrogens with one attached hydrogen (secondary N) is 2. The number of benzene rings is 2. The maximum atomic E-state index is 11.9. The van der Waals surface area contributed by atoms with Crippen LogP contribution in [0, 0.1) is 6.92 Å². The highest BCUT2D eigenvalue weighted by Crippen LogP contribution is 2.27. The number of amides is 2. The first kappa shape index (κ1) is 19.3. The number of aryl methyl sites for hydroxylation is 1. The molecule has 2 aromatic rings. The molecule has 2 N–H and O–H groups in total. The van der Waals surface area contributed by atoms with Crippen LogP contribution in [-0.2, 0) is 16.0 Å². The van der Waals surface area contributed by atoms with E-state index in [1.165, 1.54) is 0 Å². The summed E-state index contributed by atoms with van der Waals surface area (Å²) in [6.07, 6.45) is 0.422. The number of rotatable bonds is 8. The first-order valence-corrected chi connectivity index (χ1v) is 8.36. The number of carbonyl (C=O) groups excluding carboxylic acids is 2. The Morgan fingerprint density at radius 2 is 1.73 bits per heavy atom. The third kappa shape index (κ3) is 5.81. The molecule has 2 rings (SSSR count). The van der Waals surface area contributed by atoms with Gasteiger partial charge in [0.2, 0.25) is 11.8 Å². The Balaban J connectivity index is 1.77. The van der Waals surface area contributed by atoms with Crippen molar-refractivity contribution in [2.24, 2.45) is 0 Å². The van der Waals surface area contributed by atoms with Gasteiger partial charge in [0.25, 0.3) is 0 Å². The molecule has 0 radical (unpaired) electrons. The van der Waals surface area contributed by atoms with Crippen molar-refractivity contribution in [1.82, 2.24) is 5.32 Å². The molecule has 0 aliphatic heterocycles. The van der Waals surface area contributed by atoms with E-state index in [1.807, 2.05) is 43.3 Å². The monoisotopic (exact) mass is 356 g/mol. The molecule has 0 aliphatic rings. The molecular formula is C20H24N2O4. The zero-order chi connectivity index (χ0) is 18.9. The summed E-state index contributed by atoms with van der Waals surface area (Å²) < 4.78 is 10.5. The molecule has 0 aliphatic carbocycles. The minimum atomic E-state index is -0.334. The van der Waals surface area contributed by atoms with Gasteiger partial charge in [-0.1, -0.05) is 18.2 Å². The number of methoxy groups -OCH3 is 2. The first-order valence-electron chi connectivity index (χ1n) is 8.36. The van der Waals surface area contributed by atoms with Gasteiger partial charge in [-0.05, 0) is 48.7 Å². The lowest BCUT2D eigenvalue weighted by Gasteiger charge is -2.10. The van der Waals surface area contributed by atoms with Crippen LogP contribution in [0.15, 0.2) is 42.5 Å². The molecule has 2 amide bonds. The number of carbonyl (C=O) groups is 2. The van der Waals surface area contributed by atoms with Crippen LogP contribution in [0.1, 0.15) is 17.5 Å². The number of hydrogen-bond acceptors (Lipinski definition) is 4. The predicted molar refractivity (Wildman–Crippen MR) is 101 cm³/mol. The van der Waals surface area contributed by atoms with Crippen molar-refractivity contribution in [1.29, 1.82) is 0 Å². The highest BCUT2D eigenvalue weighted by molar-refractivity contribution is 6.03. The van der Waals surface area contributed by atoms with E-state index < -0.39 is 0 Å². The fraction of sp³-hybridized carbons (Fsp3) is 0.300. The molecule has 138 valence electrons. The Kier molecular flexibility index (Phi) is 7.02. The van der Waals surface area contributed by atoms with Crippen molar-refractivity contribution in [2.45, 2.75) is 19.8 Å². The average Bonchev–Trinajstić information content (AvgIpc) is 2.61. The summed E-state index contributed by atoms with van der Waals surface area (Å²) in [5, 5.41) is 5.47. The van der Waals surface area contributed by atoms with E-state index in [4.69, 9.17) is 9.47 Å². The second kappa shape index (κ2) is 9.46. The molecule has 0 saturated heterocycles. The summed E-state index contributed by atoms with van der Waals surface area (Å²) in [6.45, 7) is 2.38. The third-order valence-electron chi connectivity index (χ3n) is 3.81. The molecule has 0 heterocycles. The zero-order valence-corrected chi connectivity index (χ0v) is 15.3. The van der Waals surface area contributed by atoms with Gasteiger partial charge in [0.15, 0.2) is 11.5 Å². The van der Waals surface area contributed by atoms with Crippen LogP contribution in [0.5, 0.6) is 11.5 Å². The van der Waals surface area contributed by atoms with Gasteiger partial charge in [0.05, 0.1) is 14.2 Å². The molecule has 0 bridgehead atoms. The Bertz CT molecular complexity index is 774. The minimum Gasteiger partial charge on any atom is -0.493 e. The van der Waals surface area contributed by atoms with Gasteiger partial charge in [-0.15, -0.1) is 0 Å². The quantitative estimate of drug-likeness (QED) is 0.713. The molecule has 26 heavy (non-hydrogen) atoms. The maximum Gasteiger partial charge on any atom is 0.233 e. The Hall–Kier alpha value is -3.02. The van der Waals surface area contributed by atoms with E-state index >= 15 is 0 Å². The van der Waals surface area contributed by atoms with E-state index in [9.17, 15) is 9.59 Å². The molecule has 0 atom stereocenters. The lowest BCUT2D eigenvalue weighted by molar-refractivity contribution is -0.126. The molecule has 0 fully saturated rings. The van der Waals surface area contributed by atoms with Crippen LogP contribution < -0.4 is 20.1 Å². The molecule has 0 spiro atoms. The van der Waals surface area contributed by atoms with Gasteiger partial charge >= 0.3 is 0 Å². The standard InChI is InChI=1S/C20H24N2O4/c1-14-5-4-6-16(11-14)22-20(24)13-19(23)21-10-9-15-7-8-17(25-2)18(12-15)26-3/h4-8,11-12H,9-10,13H2,1-3H3,(H,21,23)(H,22,24). The second-order valence-corrected chi connectivity index (χ2v) is 5.88. The van der Waals surface area contributed by atoms with Crippen LogP contribution >= 0.6 is 0 Å². The highest BCUT2D eigenvalue weighted by Gasteiger charge is 2.10. The fourth-order valence-electron chi connectivity index (χ4n) is 2.52. The molecule has 2 aromatic carbocycles. The van der Waals surface area contributed by atoms with Gasteiger partial charge in [0, 0.05) is 12.2 Å². The van der Waals surface area contributed by atoms with E-state index in [-0.39, 0.29) is 18.2 Å². The van der Waals surface area contributed by atoms with Crippen LogP contribution in [0.25, 0.3) is 0 Å². The van der Waals surface area contributed by atoms with E-state index in [2.05, 4.69) is 10.6 Å². The second-order valence-electron chi connectivity index (χ2n) is 5.88. The number of hydrogen-bond donors (Lipinski definition) is 2. The minimum absolute atomic E-state index is 0.208. The fourth-order valence-corrected chi connectivity index (χ4v) is 2.52. The lowest BCUT2D eigenvalue weighted by Crippen LogP contribution is -2.29. The summed E-state index contributed by atoms with van der Waals surface area (Å²) in [5.41, 5.74) is 2.74. The van der Waals surface area contributed by atoms with Gasteiger partial charge in [0.1, 0.15) is 6.42 Å². The Morgan fingerprint density at radius 1 is 0.962 bits per heavy atom. The van der Waals surface area contributed by atoms with Crippen molar-refractivity contribution < 1.29 is 19.1 Å². The molecule has 6 heteroatoms. The van der Waals surface area contributed by atoms with E-state index in [0.717, 1.165) is 11.1 Å². The summed E-state index contributed by atoms with van der Waals surface area (Å²) >= 11 is 0. The molecule has 0 saturated carbocycles. The van der Waals surface area contributed by atoms with Crippen molar-refractivity contribution >= 4 is 17.5 Å². The van der Waals surface area contributed by atoms with Crippen LogP contribution in [0.4, 0.5) is 5.69 Å². The van der Waals surface area contributed by atoms with Gasteiger partial charge in [-0.25, -0.2) is 0 Å². The number of anilines is 1. The van der Waals surface area contributed by atoms with Crippen LogP contribution in [-0.4, -0.2) is 32.6 Å². The molecular weight excluding hydrogens is 332 g/mol. The van der Waals surface area contributed by atoms with Crippen molar-refractivity contribution in [3.05, 3.63) is 53.6 Å². The summed E-state index contributed by atoms with van der Waals surface area (Å²) in [7, 11) is 3.16. The number of ether oxygens (including phenoxy) is 2. The topological polar surface area (TPSA) is 76.7 Å². The SMILES string of the molecule is COc1ccc(CCNC(=O)CC(=O)Nc2cccc(C)c2)cc1OC. The largest absolute Gasteiger partial charge is 0.493 e. The predicted octanol–water partition coefficient (Wildman–Crippen LogP) is 2.70. The molecule has 0 unspecified atom stereocenters. The Morgan fingerprint density at radius 3 is 2.42 bits per heavy atom. The van der Waals surface area contributed by atoms with Crippen LogP contribution in [0.2, 0.25) is 0 Å². The normalized spacial score (nSPS) is 10.1. The molecule has 0 aromatic heterocycles. The first-order chi connectivity index (χ1) is 12.5. The molecule has 6 nitrogen and oxygen atoms in total. The van der Waals surface area contributed by atoms with Crippen molar-refractivity contribution in [2.75, 3.05) is 26.1 Å². The van der Waals surface area contributed by atoms with Gasteiger partial charge < -0.3 is 20.1 Å². The van der Waals surface area contributed by atoms with E-state index in [1.54, 1.807) is 20.3 Å². The van der Waals surface area contributed by atoms with Gasteiger partial charge in [-0.3, -0.25) is 9.59 Å². The maximum absolute atomic E-state index is 11.9. The smallest absolute Gasteiger partial charge is 0.233 e. The lowest BCUT2D eigenvalue weighted by atomic mass is 10.1. The zero-order valence-electron chi connectivity index (χ0n) is 15.3. The van der Waals surface area contributed by atoms with Crippen LogP contribution in [0.3, 0.4) is 0 Å². The summed E-state index contributed by atoms with van der Waals surface area (Å²) in [5.74, 6) is 0.664. The van der Waals surface area contributed by atoms with Crippen molar-refractivity contribution in [3.63, 3.8) is 0 Å². The Labute approximate surface area is 153 Å². The average molecular weight is 356 g/mol. The summed E-state index contributed by atoms with van der Waals surface area (Å²) in [6, 6.07) is 13.1. The van der Waals surface area contributed by atoms with Crippen molar-refractivity contribution in [3.8, 4) is 11.5 Å². The highest BCUT2D eigenvalue weighted by atomic mass is 16.5. The third-order valence-corrected chi connectivity index (χ3v) is 3.81.